The van der Waals surface area contributed by atoms with E-state index in [1.54, 1.807) is 6.20 Å². The lowest BCUT2D eigenvalue weighted by Gasteiger charge is -2.21. The molecule has 1 fully saturated rings. The Bertz CT molecular complexity index is 558. The van der Waals surface area contributed by atoms with Crippen molar-refractivity contribution in [3.05, 3.63) is 23.5 Å². The van der Waals surface area contributed by atoms with Gasteiger partial charge in [0.2, 0.25) is 5.91 Å². The Hall–Kier alpha value is -1.97. The maximum Gasteiger partial charge on any atom is 0.238 e. The number of amides is 1. The Kier molecular flexibility index (Phi) is 5.87. The van der Waals surface area contributed by atoms with Gasteiger partial charge in [0.1, 0.15) is 6.42 Å². The molecular weight excluding hydrogens is 282 g/mol. The summed E-state index contributed by atoms with van der Waals surface area (Å²) in [7, 11) is 0. The molecular formula is C16H21N3O3. The number of rotatable bonds is 8. The minimum absolute atomic E-state index is 0.197. The molecule has 0 aliphatic heterocycles. The number of aromatic nitrogens is 1. The van der Waals surface area contributed by atoms with Crippen molar-refractivity contribution >= 4 is 11.6 Å². The van der Waals surface area contributed by atoms with Gasteiger partial charge in [0, 0.05) is 30.4 Å². The summed E-state index contributed by atoms with van der Waals surface area (Å²) in [5, 5.41) is 11.3. The molecule has 0 bridgehead atoms. The van der Waals surface area contributed by atoms with Crippen LogP contribution in [0.3, 0.4) is 0 Å². The maximum atomic E-state index is 11.7. The summed E-state index contributed by atoms with van der Waals surface area (Å²) in [5.41, 5.74) is 2.29. The van der Waals surface area contributed by atoms with Gasteiger partial charge in [-0.2, -0.15) is 5.26 Å². The van der Waals surface area contributed by atoms with E-state index in [4.69, 9.17) is 14.7 Å². The zero-order chi connectivity index (χ0) is 15.9. The molecule has 22 heavy (non-hydrogen) atoms. The van der Waals surface area contributed by atoms with Crippen molar-refractivity contribution in [2.45, 2.75) is 45.3 Å². The predicted octanol–water partition coefficient (Wildman–Crippen LogP) is 2.88. The number of carbonyl (C=O) groups is 1. The summed E-state index contributed by atoms with van der Waals surface area (Å²) in [6.45, 7) is 4.78. The normalized spacial score (nSPS) is 13.9. The number of anilines is 1. The molecule has 1 N–H and O–H groups in total. The van der Waals surface area contributed by atoms with Crippen LogP contribution < -0.4 is 5.32 Å². The van der Waals surface area contributed by atoms with Gasteiger partial charge in [-0.15, -0.1) is 0 Å². The van der Waals surface area contributed by atoms with Crippen LogP contribution in [0.25, 0.3) is 0 Å². The molecule has 1 aliphatic rings. The highest BCUT2D eigenvalue weighted by Gasteiger charge is 2.27. The summed E-state index contributed by atoms with van der Waals surface area (Å²) in [4.78, 5) is 16.1. The van der Waals surface area contributed by atoms with Crippen molar-refractivity contribution in [2.24, 2.45) is 0 Å². The molecule has 6 heteroatoms. The first-order chi connectivity index (χ1) is 10.7. The fourth-order valence-electron chi connectivity index (χ4n) is 2.19. The van der Waals surface area contributed by atoms with Crippen molar-refractivity contribution < 1.29 is 14.3 Å². The quantitative estimate of drug-likeness (QED) is 0.746. The monoisotopic (exact) mass is 303 g/mol. The average molecular weight is 303 g/mol. The third-order valence-corrected chi connectivity index (χ3v) is 3.36. The summed E-state index contributed by atoms with van der Waals surface area (Å²) in [6.07, 6.45) is 3.16. The van der Waals surface area contributed by atoms with Gasteiger partial charge in [-0.1, -0.05) is 0 Å². The summed E-state index contributed by atoms with van der Waals surface area (Å²) in [6, 6.07) is 3.77. The Morgan fingerprint density at radius 2 is 2.14 bits per heavy atom. The number of nitriles is 1. The van der Waals surface area contributed by atoms with Gasteiger partial charge in [0.25, 0.3) is 0 Å². The molecule has 0 spiro atoms. The summed E-state index contributed by atoms with van der Waals surface area (Å²) in [5.74, 6) is 0.128. The molecule has 1 heterocycles. The largest absolute Gasteiger partial charge is 0.349 e. The Morgan fingerprint density at radius 3 is 2.68 bits per heavy atom. The van der Waals surface area contributed by atoms with Crippen LogP contribution in [0.1, 0.15) is 56.6 Å². The zero-order valence-electron chi connectivity index (χ0n) is 13.0. The van der Waals surface area contributed by atoms with Crippen LogP contribution in [0.5, 0.6) is 0 Å². The van der Waals surface area contributed by atoms with E-state index >= 15 is 0 Å². The fraction of sp³-hybridized carbons (Fsp3) is 0.562. The van der Waals surface area contributed by atoms with Crippen LogP contribution in [-0.2, 0) is 14.3 Å². The highest BCUT2D eigenvalue weighted by Crippen LogP contribution is 2.41. The molecule has 0 atom stereocenters. The number of hydrogen-bond donors (Lipinski definition) is 1. The Labute approximate surface area is 130 Å². The molecule has 1 aromatic rings. The van der Waals surface area contributed by atoms with Crippen molar-refractivity contribution in [2.75, 3.05) is 18.5 Å². The maximum absolute atomic E-state index is 11.7. The smallest absolute Gasteiger partial charge is 0.238 e. The summed E-state index contributed by atoms with van der Waals surface area (Å²) >= 11 is 0. The fourth-order valence-corrected chi connectivity index (χ4v) is 2.19. The molecule has 0 saturated heterocycles. The Balaban J connectivity index is 2.29. The number of ether oxygens (including phenoxy) is 2. The van der Waals surface area contributed by atoms with Gasteiger partial charge in [-0.05, 0) is 32.8 Å². The molecule has 118 valence electrons. The second kappa shape index (κ2) is 7.87. The molecule has 1 aliphatic carbocycles. The van der Waals surface area contributed by atoms with Crippen molar-refractivity contribution in [3.8, 4) is 6.07 Å². The molecule has 1 amide bonds. The van der Waals surface area contributed by atoms with E-state index in [1.165, 1.54) is 0 Å². The second-order valence-electron chi connectivity index (χ2n) is 5.10. The molecule has 1 saturated carbocycles. The van der Waals surface area contributed by atoms with Crippen LogP contribution in [-0.4, -0.2) is 24.1 Å². The van der Waals surface area contributed by atoms with E-state index in [-0.39, 0.29) is 12.3 Å². The number of pyridine rings is 1. The first kappa shape index (κ1) is 16.4. The average Bonchev–Trinajstić information content (AvgIpc) is 3.32. The SMILES string of the molecule is CCOC(OCC)c1cc(C2CC2)ncc1NC(=O)CC#N. The van der Waals surface area contributed by atoms with Crippen molar-refractivity contribution in [3.63, 3.8) is 0 Å². The van der Waals surface area contributed by atoms with Gasteiger partial charge in [0.15, 0.2) is 6.29 Å². The standard InChI is InChI=1S/C16H21N3O3/c1-3-21-16(22-4-2)12-9-13(11-5-6-11)18-10-14(12)19-15(20)7-8-17/h9-11,16H,3-7H2,1-2H3,(H,19,20). The lowest BCUT2D eigenvalue weighted by atomic mass is 10.1. The van der Waals surface area contributed by atoms with E-state index in [2.05, 4.69) is 10.3 Å². The topological polar surface area (TPSA) is 84.2 Å². The van der Waals surface area contributed by atoms with E-state index in [1.807, 2.05) is 26.0 Å². The second-order valence-corrected chi connectivity index (χ2v) is 5.10. The van der Waals surface area contributed by atoms with E-state index in [9.17, 15) is 4.79 Å². The first-order valence-corrected chi connectivity index (χ1v) is 7.59. The van der Waals surface area contributed by atoms with Crippen LogP contribution >= 0.6 is 0 Å². The molecule has 0 unspecified atom stereocenters. The van der Waals surface area contributed by atoms with Crippen molar-refractivity contribution in [1.29, 1.82) is 5.26 Å². The van der Waals surface area contributed by atoms with E-state index < -0.39 is 6.29 Å². The molecule has 6 nitrogen and oxygen atoms in total. The van der Waals surface area contributed by atoms with Gasteiger partial charge >= 0.3 is 0 Å². The van der Waals surface area contributed by atoms with Gasteiger partial charge in [-0.25, -0.2) is 0 Å². The number of carbonyl (C=O) groups excluding carboxylic acids is 1. The minimum Gasteiger partial charge on any atom is -0.349 e. The number of nitrogens with zero attached hydrogens (tertiary/aromatic N) is 2. The van der Waals surface area contributed by atoms with Crippen LogP contribution in [0.4, 0.5) is 5.69 Å². The number of nitrogens with one attached hydrogen (secondary N) is 1. The van der Waals surface area contributed by atoms with Gasteiger partial charge < -0.3 is 14.8 Å². The van der Waals surface area contributed by atoms with E-state index in [0.717, 1.165) is 24.1 Å². The van der Waals surface area contributed by atoms with Crippen LogP contribution in [0, 0.1) is 11.3 Å². The van der Waals surface area contributed by atoms with Gasteiger partial charge in [0.05, 0.1) is 18.0 Å². The van der Waals surface area contributed by atoms with Crippen LogP contribution in [0.15, 0.2) is 12.3 Å². The molecule has 2 rings (SSSR count). The lowest BCUT2D eigenvalue weighted by molar-refractivity contribution is -0.140. The molecule has 0 aromatic carbocycles. The van der Waals surface area contributed by atoms with Crippen molar-refractivity contribution in [1.82, 2.24) is 4.98 Å². The van der Waals surface area contributed by atoms with Gasteiger partial charge in [-0.3, -0.25) is 9.78 Å². The highest BCUT2D eigenvalue weighted by molar-refractivity contribution is 5.92. The molecule has 0 radical (unpaired) electrons. The third-order valence-electron chi connectivity index (χ3n) is 3.36. The van der Waals surface area contributed by atoms with E-state index in [0.29, 0.717) is 24.8 Å². The number of hydrogen-bond acceptors (Lipinski definition) is 5. The minimum atomic E-state index is -0.548. The highest BCUT2D eigenvalue weighted by atomic mass is 16.7. The molecule has 1 aromatic heterocycles. The Morgan fingerprint density at radius 1 is 1.45 bits per heavy atom. The van der Waals surface area contributed by atoms with Crippen LogP contribution in [0.2, 0.25) is 0 Å². The third kappa shape index (κ3) is 4.26. The lowest BCUT2D eigenvalue weighted by Crippen LogP contribution is -2.17. The zero-order valence-corrected chi connectivity index (χ0v) is 13.0. The summed E-state index contributed by atoms with van der Waals surface area (Å²) < 4.78 is 11.3. The first-order valence-electron chi connectivity index (χ1n) is 7.59. The predicted molar refractivity (Wildman–Crippen MR) is 81.1 cm³/mol.